The second-order valence-electron chi connectivity index (χ2n) is 5.60. The number of aromatic nitrogens is 1. The van der Waals surface area contributed by atoms with Crippen molar-refractivity contribution in [3.63, 3.8) is 0 Å². The summed E-state index contributed by atoms with van der Waals surface area (Å²) in [4.78, 5) is 18.2. The molecule has 0 aliphatic carbocycles. The number of nitrogens with zero attached hydrogens (tertiary/aromatic N) is 1. The highest BCUT2D eigenvalue weighted by Crippen LogP contribution is 2.38. The molecule has 0 aliphatic rings. The van der Waals surface area contributed by atoms with Crippen molar-refractivity contribution in [1.29, 1.82) is 0 Å². The Morgan fingerprint density at radius 1 is 1.04 bits per heavy atom. The Balaban J connectivity index is 1.86. The number of thioether (sulfide) groups is 1. The lowest BCUT2D eigenvalue weighted by Crippen LogP contribution is -2.13. The second-order valence-corrected chi connectivity index (χ2v) is 8.50. The smallest absolute Gasteiger partial charge is 0.156 e. The van der Waals surface area contributed by atoms with Crippen LogP contribution < -0.4 is 0 Å². The predicted octanol–water partition coefficient (Wildman–Crippen LogP) is 6.80. The lowest BCUT2D eigenvalue weighted by atomic mass is 10.0. The van der Waals surface area contributed by atoms with Crippen molar-refractivity contribution in [3.05, 3.63) is 92.6 Å². The van der Waals surface area contributed by atoms with E-state index in [0.29, 0.717) is 10.0 Å². The van der Waals surface area contributed by atoms with Gasteiger partial charge in [-0.1, -0.05) is 53.5 Å². The van der Waals surface area contributed by atoms with Crippen LogP contribution in [-0.2, 0) is 11.2 Å². The number of ketones is 1. The fourth-order valence-corrected chi connectivity index (χ4v) is 4.13. The third-order valence-corrected chi connectivity index (χ3v) is 6.19. The van der Waals surface area contributed by atoms with Gasteiger partial charge in [-0.3, -0.25) is 9.78 Å². The lowest BCUT2D eigenvalue weighted by Gasteiger charge is -2.16. The van der Waals surface area contributed by atoms with Crippen LogP contribution in [0.1, 0.15) is 16.5 Å². The molecule has 1 unspecified atom stereocenters. The van der Waals surface area contributed by atoms with Gasteiger partial charge in [0.1, 0.15) is 0 Å². The molecule has 0 N–H and O–H groups in total. The van der Waals surface area contributed by atoms with Crippen LogP contribution in [0, 0.1) is 0 Å². The Morgan fingerprint density at radius 2 is 1.81 bits per heavy atom. The minimum absolute atomic E-state index is 0.0853. The molecular formula is C20H14BrCl2NOS. The van der Waals surface area contributed by atoms with Crippen LogP contribution in [0.15, 0.2) is 76.2 Å². The summed E-state index contributed by atoms with van der Waals surface area (Å²) in [6.07, 6.45) is 1.97. The highest BCUT2D eigenvalue weighted by Gasteiger charge is 2.22. The first-order valence-corrected chi connectivity index (χ1v) is 10.3. The molecule has 0 amide bonds. The number of hydrogen-bond acceptors (Lipinski definition) is 3. The maximum Gasteiger partial charge on any atom is 0.156 e. The second kappa shape index (κ2) is 9.05. The lowest BCUT2D eigenvalue weighted by molar-refractivity contribution is -0.118. The van der Waals surface area contributed by atoms with Crippen molar-refractivity contribution in [2.75, 3.05) is 0 Å². The Bertz CT molecular complexity index is 903. The number of carbonyl (C=O) groups is 1. The summed E-state index contributed by atoms with van der Waals surface area (Å²) in [5, 5.41) is 0.627. The zero-order valence-electron chi connectivity index (χ0n) is 13.5. The molecule has 6 heteroatoms. The molecule has 0 bridgehead atoms. The van der Waals surface area contributed by atoms with Crippen LogP contribution in [0.3, 0.4) is 0 Å². The average Bonchev–Trinajstić information content (AvgIpc) is 2.65. The topological polar surface area (TPSA) is 30.0 Å². The first-order chi connectivity index (χ1) is 12.5. The summed E-state index contributed by atoms with van der Waals surface area (Å²) in [5.41, 5.74) is 1.69. The Morgan fingerprint density at radius 3 is 2.46 bits per heavy atom. The zero-order valence-corrected chi connectivity index (χ0v) is 17.4. The normalized spacial score (nSPS) is 12.0. The van der Waals surface area contributed by atoms with Crippen LogP contribution >= 0.6 is 50.9 Å². The molecule has 3 aromatic rings. The van der Waals surface area contributed by atoms with Crippen molar-refractivity contribution in [3.8, 4) is 0 Å². The summed E-state index contributed by atoms with van der Waals surface area (Å²) < 4.78 is 0.887. The van der Waals surface area contributed by atoms with E-state index in [1.807, 2.05) is 48.5 Å². The molecule has 26 heavy (non-hydrogen) atoms. The molecule has 1 atom stereocenters. The number of hydrogen-bond donors (Lipinski definition) is 0. The molecule has 2 aromatic carbocycles. The molecular weight excluding hydrogens is 453 g/mol. The molecule has 0 radical (unpaired) electrons. The van der Waals surface area contributed by atoms with Crippen molar-refractivity contribution in [1.82, 2.24) is 4.98 Å². The number of Topliss-reactive ketones (excluding diaryl/α,β-unsaturated/α-hetero) is 1. The average molecular weight is 467 g/mol. The van der Waals surface area contributed by atoms with Gasteiger partial charge in [-0.15, -0.1) is 11.8 Å². The molecule has 0 spiro atoms. The third-order valence-electron chi connectivity index (χ3n) is 3.68. The van der Waals surface area contributed by atoms with Gasteiger partial charge in [-0.25, -0.2) is 0 Å². The standard InChI is InChI=1S/C20H14BrCl2NOS/c21-14-6-7-15(24-12-14)10-19(25)20(13-4-2-1-3-5-13)26-16-8-9-17(22)18(23)11-16/h1-9,11-12,20H,10H2. The molecule has 0 aliphatic heterocycles. The third kappa shape index (κ3) is 5.10. The zero-order chi connectivity index (χ0) is 18.5. The Hall–Kier alpha value is -1.33. The first-order valence-electron chi connectivity index (χ1n) is 7.83. The summed E-state index contributed by atoms with van der Waals surface area (Å²) in [6.45, 7) is 0. The largest absolute Gasteiger partial charge is 0.298 e. The maximum absolute atomic E-state index is 13.0. The van der Waals surface area contributed by atoms with Crippen LogP contribution in [0.4, 0.5) is 0 Å². The predicted molar refractivity (Wildman–Crippen MR) is 112 cm³/mol. The first kappa shape index (κ1) is 19.4. The SMILES string of the molecule is O=C(Cc1ccc(Br)cn1)C(Sc1ccc(Cl)c(Cl)c1)c1ccccc1. The van der Waals surface area contributed by atoms with E-state index < -0.39 is 0 Å². The quantitative estimate of drug-likeness (QED) is 0.374. The van der Waals surface area contributed by atoms with Crippen molar-refractivity contribution >= 4 is 56.7 Å². The molecule has 0 saturated carbocycles. The van der Waals surface area contributed by atoms with E-state index in [-0.39, 0.29) is 17.5 Å². The van der Waals surface area contributed by atoms with Gasteiger partial charge < -0.3 is 0 Å². The Labute approximate surface area is 175 Å². The van der Waals surface area contributed by atoms with Crippen molar-refractivity contribution in [2.45, 2.75) is 16.6 Å². The fraction of sp³-hybridized carbons (Fsp3) is 0.100. The number of rotatable bonds is 6. The molecule has 0 saturated heterocycles. The Kier molecular flexibility index (Phi) is 6.76. The van der Waals surface area contributed by atoms with Gasteiger partial charge >= 0.3 is 0 Å². The molecule has 3 rings (SSSR count). The minimum atomic E-state index is -0.348. The van der Waals surface area contributed by atoms with E-state index in [9.17, 15) is 4.79 Å². The van der Waals surface area contributed by atoms with Gasteiger partial charge in [0.25, 0.3) is 0 Å². The molecule has 0 fully saturated rings. The van der Waals surface area contributed by atoms with E-state index >= 15 is 0 Å². The minimum Gasteiger partial charge on any atom is -0.298 e. The van der Waals surface area contributed by atoms with Gasteiger partial charge in [-0.05, 0) is 51.8 Å². The molecule has 2 nitrogen and oxygen atoms in total. The molecule has 132 valence electrons. The molecule has 1 heterocycles. The van der Waals surface area contributed by atoms with E-state index in [2.05, 4.69) is 20.9 Å². The summed E-state index contributed by atoms with van der Waals surface area (Å²) in [7, 11) is 0. The highest BCUT2D eigenvalue weighted by molar-refractivity contribution is 9.10. The van der Waals surface area contributed by atoms with Gasteiger partial charge in [-0.2, -0.15) is 0 Å². The van der Waals surface area contributed by atoms with E-state index in [0.717, 1.165) is 20.6 Å². The highest BCUT2D eigenvalue weighted by atomic mass is 79.9. The van der Waals surface area contributed by atoms with Crippen LogP contribution in [-0.4, -0.2) is 10.8 Å². The summed E-state index contributed by atoms with van der Waals surface area (Å²) in [5.74, 6) is 0.0853. The maximum atomic E-state index is 13.0. The van der Waals surface area contributed by atoms with E-state index in [1.165, 1.54) is 11.8 Å². The van der Waals surface area contributed by atoms with Gasteiger partial charge in [0.15, 0.2) is 5.78 Å². The number of benzene rings is 2. The van der Waals surface area contributed by atoms with Crippen LogP contribution in [0.25, 0.3) is 0 Å². The van der Waals surface area contributed by atoms with Gasteiger partial charge in [0.05, 0.1) is 21.7 Å². The van der Waals surface area contributed by atoms with E-state index in [4.69, 9.17) is 23.2 Å². The summed E-state index contributed by atoms with van der Waals surface area (Å²) >= 11 is 16.9. The van der Waals surface area contributed by atoms with Gasteiger partial charge in [0, 0.05) is 21.3 Å². The summed E-state index contributed by atoms with van der Waals surface area (Å²) in [6, 6.07) is 18.9. The fourth-order valence-electron chi connectivity index (χ4n) is 2.42. The van der Waals surface area contributed by atoms with Crippen molar-refractivity contribution < 1.29 is 4.79 Å². The molecule has 1 aromatic heterocycles. The van der Waals surface area contributed by atoms with Crippen LogP contribution in [0.5, 0.6) is 0 Å². The monoisotopic (exact) mass is 465 g/mol. The number of pyridine rings is 1. The van der Waals surface area contributed by atoms with Crippen molar-refractivity contribution in [2.24, 2.45) is 0 Å². The van der Waals surface area contributed by atoms with E-state index in [1.54, 1.807) is 18.3 Å². The number of carbonyl (C=O) groups excluding carboxylic acids is 1. The van der Waals surface area contributed by atoms with Crippen LogP contribution in [0.2, 0.25) is 10.0 Å². The van der Waals surface area contributed by atoms with Gasteiger partial charge in [0.2, 0.25) is 0 Å². The number of halogens is 3.